The molecule has 13 heteroatoms. The molecule has 43 heavy (non-hydrogen) atoms. The van der Waals surface area contributed by atoms with Crippen LogP contribution in [0, 0.1) is 11.8 Å². The summed E-state index contributed by atoms with van der Waals surface area (Å²) >= 11 is 0. The number of aliphatic hydroxyl groups excluding tert-OH is 2. The summed E-state index contributed by atoms with van der Waals surface area (Å²) in [5.74, 6) is -7.68. The van der Waals surface area contributed by atoms with E-state index in [1.165, 1.54) is 36.9 Å². The summed E-state index contributed by atoms with van der Waals surface area (Å²) < 4.78 is 0. The highest BCUT2D eigenvalue weighted by Gasteiger charge is 2.65. The van der Waals surface area contributed by atoms with Gasteiger partial charge in [0.15, 0.2) is 11.4 Å². The van der Waals surface area contributed by atoms with Crippen LogP contribution in [0.1, 0.15) is 55.5 Å². The van der Waals surface area contributed by atoms with E-state index in [1.807, 2.05) is 0 Å². The number of aromatic hydroxyl groups is 1. The van der Waals surface area contributed by atoms with Gasteiger partial charge >= 0.3 is 0 Å². The van der Waals surface area contributed by atoms with Crippen LogP contribution in [-0.2, 0) is 20.0 Å². The van der Waals surface area contributed by atoms with Crippen molar-refractivity contribution in [1.29, 1.82) is 0 Å². The summed E-state index contributed by atoms with van der Waals surface area (Å²) in [5.41, 5.74) is -0.200. The third-order valence-corrected chi connectivity index (χ3v) is 9.02. The first-order valence-electron chi connectivity index (χ1n) is 14.2. The predicted octanol–water partition coefficient (Wildman–Crippen LogP) is 0.0502. The molecule has 0 saturated heterocycles. The molecule has 1 aromatic carbocycles. The molecule has 234 valence electrons. The summed E-state index contributed by atoms with van der Waals surface area (Å²) in [6, 6.07) is 2.52. The molecule has 4 rings (SSSR count). The quantitative estimate of drug-likeness (QED) is 0.101. The third kappa shape index (κ3) is 5.25. The van der Waals surface area contributed by atoms with Gasteiger partial charge in [-0.2, -0.15) is 0 Å². The van der Waals surface area contributed by atoms with E-state index >= 15 is 0 Å². The third-order valence-electron chi connectivity index (χ3n) is 9.02. The number of nitrogens with one attached hydrogen (secondary N) is 2. The maximum absolute atomic E-state index is 13.8. The molecule has 1 amide bonds. The fraction of sp³-hybridized carbons (Fsp3) is 0.533. The summed E-state index contributed by atoms with van der Waals surface area (Å²) in [4.78, 5) is 53.4. The number of carbonyl (C=O) groups is 4. The normalized spacial score (nSPS) is 29.3. The number of ketones is 3. The van der Waals surface area contributed by atoms with Gasteiger partial charge in [-0.25, -0.2) is 0 Å². The number of aliphatic hydroxyl groups is 4. The molecule has 3 aliphatic rings. The number of unbranched alkanes of at least 4 members (excludes halogenated alkanes) is 1. The molecule has 0 saturated carbocycles. The lowest BCUT2D eigenvalue weighted by atomic mass is 9.55. The van der Waals surface area contributed by atoms with E-state index in [2.05, 4.69) is 10.6 Å². The number of fused-ring (bicyclic) bond motifs is 3. The zero-order valence-electron chi connectivity index (χ0n) is 24.7. The molecular weight excluding hydrogens is 560 g/mol. The number of hydrogen-bond donors (Lipinski definition) is 8. The Hall–Kier alpha value is -3.62. The number of nitrogens with zero attached hydrogens (tertiary/aromatic N) is 1. The van der Waals surface area contributed by atoms with E-state index in [1.54, 1.807) is 14.1 Å². The van der Waals surface area contributed by atoms with Gasteiger partial charge in [-0.15, -0.1) is 0 Å². The van der Waals surface area contributed by atoms with Crippen LogP contribution in [0.15, 0.2) is 40.9 Å². The molecular formula is C30H40N4O9. The van der Waals surface area contributed by atoms with Crippen LogP contribution in [0.3, 0.4) is 0 Å². The standard InChI is InChI=1S/C30H40N4O9/c1-14(35)18(31)9-5-6-11-32-13-33-28(41)22-25(38)23(34(3)4)17-12-16-21(26(39)30(17,43)27(22)40)24(37)20-15(29(16,2)42)8-7-10-19(20)36/h7-8,10,16-18,23,32,36,38-39,42-43H,5-6,9,11-13,31H2,1-4H3,(H,33,41)/t16-,17-,18-,23-,29+,30-/m0/s1. The Morgan fingerprint density at radius 1 is 1.14 bits per heavy atom. The predicted molar refractivity (Wildman–Crippen MR) is 154 cm³/mol. The lowest BCUT2D eigenvalue weighted by molar-refractivity contribution is -0.152. The average molecular weight is 601 g/mol. The van der Waals surface area contributed by atoms with Crippen molar-refractivity contribution in [2.75, 3.05) is 27.3 Å². The zero-order valence-corrected chi connectivity index (χ0v) is 24.7. The van der Waals surface area contributed by atoms with Gasteiger partial charge in [-0.05, 0) is 65.4 Å². The largest absolute Gasteiger partial charge is 0.510 e. The van der Waals surface area contributed by atoms with Gasteiger partial charge in [-0.3, -0.25) is 29.4 Å². The van der Waals surface area contributed by atoms with Crippen molar-refractivity contribution < 1.29 is 44.7 Å². The summed E-state index contributed by atoms with van der Waals surface area (Å²) in [7, 11) is 3.11. The van der Waals surface area contributed by atoms with Crippen LogP contribution in [-0.4, -0.2) is 98.7 Å². The number of phenols is 1. The molecule has 0 heterocycles. The number of rotatable bonds is 10. The van der Waals surface area contributed by atoms with E-state index in [4.69, 9.17) is 5.73 Å². The van der Waals surface area contributed by atoms with E-state index < -0.39 is 81.0 Å². The van der Waals surface area contributed by atoms with Gasteiger partial charge in [0.25, 0.3) is 5.91 Å². The summed E-state index contributed by atoms with van der Waals surface area (Å²) in [5, 5.41) is 62.2. The number of carbonyl (C=O) groups excluding carboxylic acids is 4. The summed E-state index contributed by atoms with van der Waals surface area (Å²) in [6.07, 6.45) is 1.64. The van der Waals surface area contributed by atoms with Crippen molar-refractivity contribution in [3.63, 3.8) is 0 Å². The Labute approximate surface area is 249 Å². The number of Topliss-reactive ketones (excluding diaryl/α,β-unsaturated/α-hetero) is 3. The molecule has 0 bridgehead atoms. The highest BCUT2D eigenvalue weighted by Crippen LogP contribution is 2.56. The zero-order chi connectivity index (χ0) is 32.0. The number of phenolic OH excluding ortho intramolecular Hbond substituents is 1. The number of benzene rings is 1. The first-order valence-corrected chi connectivity index (χ1v) is 14.2. The van der Waals surface area contributed by atoms with Crippen LogP contribution in [0.4, 0.5) is 0 Å². The van der Waals surface area contributed by atoms with Crippen molar-refractivity contribution >= 4 is 23.3 Å². The molecule has 0 aliphatic heterocycles. The average Bonchev–Trinajstić information content (AvgIpc) is 2.92. The van der Waals surface area contributed by atoms with Gasteiger partial charge in [0.1, 0.15) is 28.6 Å². The van der Waals surface area contributed by atoms with E-state index in [9.17, 15) is 44.7 Å². The van der Waals surface area contributed by atoms with E-state index in [0.717, 1.165) is 0 Å². The number of hydrogen-bond acceptors (Lipinski definition) is 12. The van der Waals surface area contributed by atoms with Crippen molar-refractivity contribution in [2.45, 2.75) is 62.8 Å². The minimum Gasteiger partial charge on any atom is -0.510 e. The van der Waals surface area contributed by atoms with Crippen molar-refractivity contribution in [1.82, 2.24) is 15.5 Å². The second-order valence-corrected chi connectivity index (χ2v) is 12.0. The van der Waals surface area contributed by atoms with Gasteiger partial charge in [-0.1, -0.05) is 18.6 Å². The minimum atomic E-state index is -2.78. The molecule has 6 atom stereocenters. The second-order valence-electron chi connectivity index (χ2n) is 12.0. The molecule has 13 nitrogen and oxygen atoms in total. The Morgan fingerprint density at radius 2 is 1.81 bits per heavy atom. The lowest BCUT2D eigenvalue weighted by Gasteiger charge is -2.52. The van der Waals surface area contributed by atoms with Crippen LogP contribution in [0.2, 0.25) is 0 Å². The molecule has 3 aliphatic carbocycles. The van der Waals surface area contributed by atoms with Crippen LogP contribution < -0.4 is 16.4 Å². The van der Waals surface area contributed by atoms with Crippen molar-refractivity contribution in [2.24, 2.45) is 17.6 Å². The number of likely N-dealkylation sites (N-methyl/N-ethyl adjacent to an activating group) is 1. The van der Waals surface area contributed by atoms with Gasteiger partial charge in [0.05, 0.1) is 29.9 Å². The molecule has 9 N–H and O–H groups in total. The topological polar surface area (TPSA) is 223 Å². The van der Waals surface area contributed by atoms with Gasteiger partial charge in [0.2, 0.25) is 5.78 Å². The van der Waals surface area contributed by atoms with Crippen molar-refractivity contribution in [3.05, 3.63) is 52.0 Å². The Bertz CT molecular complexity index is 1420. The highest BCUT2D eigenvalue weighted by atomic mass is 16.3. The Kier molecular flexibility index (Phi) is 8.87. The van der Waals surface area contributed by atoms with Crippen LogP contribution >= 0.6 is 0 Å². The first-order chi connectivity index (χ1) is 20.1. The Morgan fingerprint density at radius 3 is 2.44 bits per heavy atom. The van der Waals surface area contributed by atoms with E-state index in [-0.39, 0.29) is 30.0 Å². The van der Waals surface area contributed by atoms with Gasteiger partial charge < -0.3 is 36.6 Å². The maximum Gasteiger partial charge on any atom is 0.259 e. The van der Waals surface area contributed by atoms with Gasteiger partial charge in [0, 0.05) is 17.4 Å². The molecule has 1 aromatic rings. The molecule has 0 aromatic heterocycles. The van der Waals surface area contributed by atoms with Crippen molar-refractivity contribution in [3.8, 4) is 5.75 Å². The minimum absolute atomic E-state index is 0.0945. The van der Waals surface area contributed by atoms with E-state index in [0.29, 0.717) is 25.8 Å². The maximum atomic E-state index is 13.8. The van der Waals surface area contributed by atoms with Crippen LogP contribution in [0.25, 0.3) is 0 Å². The fourth-order valence-electron chi connectivity index (χ4n) is 6.63. The molecule has 0 radical (unpaired) electrons. The second kappa shape index (κ2) is 11.8. The van der Waals surface area contributed by atoms with Crippen LogP contribution in [0.5, 0.6) is 5.75 Å². The molecule has 0 unspecified atom stereocenters. The monoisotopic (exact) mass is 600 g/mol. The highest BCUT2D eigenvalue weighted by molar-refractivity contribution is 6.25. The fourth-order valence-corrected chi connectivity index (χ4v) is 6.63. The lowest BCUT2D eigenvalue weighted by Crippen LogP contribution is -2.65. The molecule has 0 spiro atoms. The smallest absolute Gasteiger partial charge is 0.259 e. The molecule has 0 fully saturated rings. The Balaban J connectivity index is 1.63. The SMILES string of the molecule is CC(=O)[C@@H](N)CCCCNCNC(=O)C1=C(O)[C@@H](N(C)C)[C@@H]2C[C@H]3C(=C(O)[C@]2(O)C1=O)C(=O)c1c(O)cccc1[C@@]3(C)O. The first kappa shape index (κ1) is 32.3. The number of amides is 1. The number of nitrogens with two attached hydrogens (primary N) is 1. The summed E-state index contributed by atoms with van der Waals surface area (Å²) in [6.45, 7) is 3.20.